The lowest BCUT2D eigenvalue weighted by Gasteiger charge is -1.92. The maximum Gasteiger partial charge on any atom is 0.263 e. The van der Waals surface area contributed by atoms with E-state index < -0.39 is 10.0 Å². The Kier molecular flexibility index (Phi) is 4.49. The van der Waals surface area contributed by atoms with E-state index in [0.717, 1.165) is 0 Å². The van der Waals surface area contributed by atoms with Crippen LogP contribution in [0.3, 0.4) is 0 Å². The van der Waals surface area contributed by atoms with Gasteiger partial charge in [-0.05, 0) is 11.6 Å². The fourth-order valence-electron chi connectivity index (χ4n) is 1.73. The molecular weight excluding hydrogens is 292 g/mol. The maximum atomic E-state index is 11.3. The van der Waals surface area contributed by atoms with E-state index in [4.69, 9.17) is 18.0 Å². The number of thiocarbonyl (C=S) groups is 1. The Morgan fingerprint density at radius 2 is 1.60 bits per heavy atom. The van der Waals surface area contributed by atoms with Gasteiger partial charge in [0, 0.05) is 12.1 Å². The molecule has 0 bridgehead atoms. The van der Waals surface area contributed by atoms with Crippen LogP contribution in [0, 0.1) is 0 Å². The molecule has 0 aromatic heterocycles. The molecular formula is C14H14N2O2S2. The Balaban J connectivity index is 0.000000160. The summed E-state index contributed by atoms with van der Waals surface area (Å²) in [6.07, 6.45) is 0. The first-order valence-corrected chi connectivity index (χ1v) is 7.84. The van der Waals surface area contributed by atoms with Crippen molar-refractivity contribution in [2.24, 2.45) is 5.73 Å². The number of rotatable bonds is 1. The van der Waals surface area contributed by atoms with Crippen LogP contribution in [0.5, 0.6) is 0 Å². The van der Waals surface area contributed by atoms with Crippen LogP contribution in [-0.4, -0.2) is 13.4 Å². The van der Waals surface area contributed by atoms with Gasteiger partial charge in [-0.2, -0.15) is 0 Å². The minimum Gasteiger partial charge on any atom is -0.326 e. The molecule has 0 aliphatic carbocycles. The molecule has 2 aromatic carbocycles. The molecule has 6 heteroatoms. The molecule has 0 saturated heterocycles. The van der Waals surface area contributed by atoms with Crippen LogP contribution in [0.4, 0.5) is 0 Å². The van der Waals surface area contributed by atoms with Crippen LogP contribution < -0.4 is 10.5 Å². The summed E-state index contributed by atoms with van der Waals surface area (Å²) in [7, 11) is -3.35. The smallest absolute Gasteiger partial charge is 0.263 e. The van der Waals surface area contributed by atoms with Crippen LogP contribution in [0.1, 0.15) is 11.1 Å². The van der Waals surface area contributed by atoms with Crippen molar-refractivity contribution in [2.75, 3.05) is 0 Å². The van der Waals surface area contributed by atoms with Crippen LogP contribution >= 0.6 is 12.2 Å². The van der Waals surface area contributed by atoms with Crippen molar-refractivity contribution in [1.82, 2.24) is 4.72 Å². The number of hydrogen-bond acceptors (Lipinski definition) is 4. The van der Waals surface area contributed by atoms with Gasteiger partial charge in [0.2, 0.25) is 0 Å². The zero-order chi connectivity index (χ0) is 14.6. The predicted octanol–water partition coefficient (Wildman–Crippen LogP) is 1.80. The SMILES string of the molecule is NCc1ccccc1.O=S1(=O)NC(=S)c2ccccc21. The molecule has 0 saturated carbocycles. The van der Waals surface area contributed by atoms with Gasteiger partial charge in [0.25, 0.3) is 10.0 Å². The molecule has 0 radical (unpaired) electrons. The third-order valence-electron chi connectivity index (χ3n) is 2.73. The second-order valence-corrected chi connectivity index (χ2v) is 6.18. The number of fused-ring (bicyclic) bond motifs is 1. The topological polar surface area (TPSA) is 72.2 Å². The van der Waals surface area contributed by atoms with Gasteiger partial charge >= 0.3 is 0 Å². The molecule has 0 spiro atoms. The van der Waals surface area contributed by atoms with Crippen molar-refractivity contribution < 1.29 is 8.42 Å². The summed E-state index contributed by atoms with van der Waals surface area (Å²) < 4.78 is 24.8. The number of benzene rings is 2. The first-order valence-electron chi connectivity index (χ1n) is 5.95. The highest BCUT2D eigenvalue weighted by Gasteiger charge is 2.28. The normalized spacial score (nSPS) is 14.8. The predicted molar refractivity (Wildman–Crippen MR) is 82.8 cm³/mol. The summed E-state index contributed by atoms with van der Waals surface area (Å²) in [5.74, 6) is 0. The van der Waals surface area contributed by atoms with E-state index >= 15 is 0 Å². The fourth-order valence-corrected chi connectivity index (χ4v) is 3.49. The number of hydrogen-bond donors (Lipinski definition) is 2. The first kappa shape index (κ1) is 14.6. The second-order valence-electron chi connectivity index (χ2n) is 4.12. The summed E-state index contributed by atoms with van der Waals surface area (Å²) in [5.41, 5.74) is 7.13. The lowest BCUT2D eigenvalue weighted by Crippen LogP contribution is -2.19. The minimum atomic E-state index is -3.35. The molecule has 104 valence electrons. The second kappa shape index (κ2) is 6.13. The summed E-state index contributed by atoms with van der Waals surface area (Å²) in [4.78, 5) is 0.556. The molecule has 0 amide bonds. The molecule has 3 rings (SSSR count). The van der Waals surface area contributed by atoms with E-state index in [1.54, 1.807) is 18.2 Å². The lowest BCUT2D eigenvalue weighted by molar-refractivity contribution is 0.595. The summed E-state index contributed by atoms with van der Waals surface area (Å²) in [6.45, 7) is 0.640. The summed E-state index contributed by atoms with van der Waals surface area (Å²) in [5, 5.41) is 0. The van der Waals surface area contributed by atoms with Crippen molar-refractivity contribution in [2.45, 2.75) is 11.4 Å². The summed E-state index contributed by atoms with van der Waals surface area (Å²) in [6, 6.07) is 16.6. The van der Waals surface area contributed by atoms with Crippen molar-refractivity contribution in [3.63, 3.8) is 0 Å². The Bertz CT molecular complexity index is 713. The van der Waals surface area contributed by atoms with E-state index in [9.17, 15) is 8.42 Å². The number of nitrogens with two attached hydrogens (primary N) is 1. The molecule has 1 aliphatic rings. The zero-order valence-electron chi connectivity index (χ0n) is 10.6. The van der Waals surface area contributed by atoms with Crippen LogP contribution in [-0.2, 0) is 16.6 Å². The first-order chi connectivity index (χ1) is 9.54. The molecule has 20 heavy (non-hydrogen) atoms. The van der Waals surface area contributed by atoms with Gasteiger partial charge in [-0.15, -0.1) is 0 Å². The van der Waals surface area contributed by atoms with Crippen molar-refractivity contribution >= 4 is 27.2 Å². The third kappa shape index (κ3) is 3.22. The Morgan fingerprint density at radius 1 is 1.00 bits per heavy atom. The van der Waals surface area contributed by atoms with Crippen molar-refractivity contribution in [1.29, 1.82) is 0 Å². The fraction of sp³-hybridized carbons (Fsp3) is 0.0714. The third-order valence-corrected chi connectivity index (χ3v) is 4.59. The molecule has 3 N–H and O–H groups in total. The summed E-state index contributed by atoms with van der Waals surface area (Å²) >= 11 is 4.83. The van der Waals surface area contributed by atoms with E-state index in [-0.39, 0.29) is 9.88 Å². The van der Waals surface area contributed by atoms with Gasteiger partial charge < -0.3 is 5.73 Å². The van der Waals surface area contributed by atoms with E-state index in [2.05, 4.69) is 4.72 Å². The number of sulfonamides is 1. The van der Waals surface area contributed by atoms with Gasteiger partial charge in [-0.25, -0.2) is 8.42 Å². The van der Waals surface area contributed by atoms with Crippen molar-refractivity contribution in [3.8, 4) is 0 Å². The minimum absolute atomic E-state index is 0.273. The Hall–Kier alpha value is -1.76. The van der Waals surface area contributed by atoms with E-state index in [1.165, 1.54) is 11.6 Å². The molecule has 0 atom stereocenters. The van der Waals surface area contributed by atoms with Gasteiger partial charge in [-0.3, -0.25) is 4.72 Å². The zero-order valence-corrected chi connectivity index (χ0v) is 12.2. The van der Waals surface area contributed by atoms with Gasteiger partial charge in [0.1, 0.15) is 4.99 Å². The monoisotopic (exact) mass is 306 g/mol. The number of nitrogens with one attached hydrogen (secondary N) is 1. The molecule has 0 fully saturated rings. The Morgan fingerprint density at radius 3 is 2.15 bits per heavy atom. The van der Waals surface area contributed by atoms with E-state index in [0.29, 0.717) is 12.1 Å². The highest BCUT2D eigenvalue weighted by Crippen LogP contribution is 2.21. The average molecular weight is 306 g/mol. The Labute approximate surface area is 123 Å². The molecule has 4 nitrogen and oxygen atoms in total. The highest BCUT2D eigenvalue weighted by molar-refractivity contribution is 7.93. The van der Waals surface area contributed by atoms with E-state index in [1.807, 2.05) is 30.3 Å². The van der Waals surface area contributed by atoms with Crippen LogP contribution in [0.2, 0.25) is 0 Å². The maximum absolute atomic E-state index is 11.3. The van der Waals surface area contributed by atoms with Gasteiger partial charge in [-0.1, -0.05) is 60.7 Å². The molecule has 0 unspecified atom stereocenters. The standard InChI is InChI=1S/C7H5NO2S2.C7H9N/c9-12(10)6-4-2-1-3-5(6)7(11)8-12;8-6-7-4-2-1-3-5-7/h1-4H,(H,8,11);1-5H,6,8H2. The molecule has 1 aliphatic heterocycles. The van der Waals surface area contributed by atoms with Crippen LogP contribution in [0.15, 0.2) is 59.5 Å². The molecule has 2 aromatic rings. The highest BCUT2D eigenvalue weighted by atomic mass is 32.2. The van der Waals surface area contributed by atoms with Crippen molar-refractivity contribution in [3.05, 3.63) is 65.7 Å². The van der Waals surface area contributed by atoms with Gasteiger partial charge in [0.05, 0.1) is 4.90 Å². The lowest BCUT2D eigenvalue weighted by atomic mass is 10.2. The quantitative estimate of drug-likeness (QED) is 0.788. The average Bonchev–Trinajstić information content (AvgIpc) is 2.71. The van der Waals surface area contributed by atoms with Gasteiger partial charge in [0.15, 0.2) is 0 Å². The largest absolute Gasteiger partial charge is 0.326 e. The van der Waals surface area contributed by atoms with Crippen LogP contribution in [0.25, 0.3) is 0 Å². The molecule has 1 heterocycles.